The van der Waals surface area contributed by atoms with E-state index in [1.165, 1.54) is 0 Å². The number of anilines is 2. The summed E-state index contributed by atoms with van der Waals surface area (Å²) < 4.78 is 0. The molecule has 0 aliphatic rings. The summed E-state index contributed by atoms with van der Waals surface area (Å²) in [5.41, 5.74) is 1.27. The van der Waals surface area contributed by atoms with Crippen LogP contribution in [0, 0.1) is 12.1 Å². The number of para-hydroxylation sites is 2. The number of hydrogen-bond acceptors (Lipinski definition) is 1. The molecule has 2 aromatic rings. The van der Waals surface area contributed by atoms with Gasteiger partial charge < -0.3 is 10.6 Å². The van der Waals surface area contributed by atoms with Crippen molar-refractivity contribution in [2.24, 2.45) is 0 Å². The third kappa shape index (κ3) is 2.85. The monoisotopic (exact) mass is 210 g/mol. The lowest BCUT2D eigenvalue weighted by Gasteiger charge is -2.06. The Morgan fingerprint density at radius 2 is 1.38 bits per heavy atom. The van der Waals surface area contributed by atoms with E-state index in [-0.39, 0.29) is 6.03 Å². The molecule has 2 amide bonds. The van der Waals surface area contributed by atoms with E-state index in [0.717, 1.165) is 0 Å². The maximum Gasteiger partial charge on any atom is 0.323 e. The van der Waals surface area contributed by atoms with Gasteiger partial charge in [0.05, 0.1) is 11.4 Å². The van der Waals surface area contributed by atoms with Crippen LogP contribution in [-0.2, 0) is 0 Å². The van der Waals surface area contributed by atoms with Crippen molar-refractivity contribution in [1.82, 2.24) is 0 Å². The predicted molar refractivity (Wildman–Crippen MR) is 63.2 cm³/mol. The van der Waals surface area contributed by atoms with Crippen molar-refractivity contribution in [2.75, 3.05) is 10.6 Å². The summed E-state index contributed by atoms with van der Waals surface area (Å²) in [5, 5.41) is 5.33. The average molecular weight is 210 g/mol. The Balaban J connectivity index is 1.95. The van der Waals surface area contributed by atoms with Crippen LogP contribution in [0.3, 0.4) is 0 Å². The van der Waals surface area contributed by atoms with Crippen LogP contribution in [0.5, 0.6) is 0 Å². The Kier molecular flexibility index (Phi) is 3.18. The minimum absolute atomic E-state index is 0.301. The molecule has 2 aromatic carbocycles. The molecule has 0 fully saturated rings. The van der Waals surface area contributed by atoms with Crippen LogP contribution in [0.25, 0.3) is 0 Å². The van der Waals surface area contributed by atoms with Gasteiger partial charge in [0.1, 0.15) is 0 Å². The smallest absolute Gasteiger partial charge is 0.307 e. The summed E-state index contributed by atoms with van der Waals surface area (Å²) >= 11 is 0. The van der Waals surface area contributed by atoms with Gasteiger partial charge in [0.25, 0.3) is 0 Å². The number of amides is 2. The molecule has 2 radical (unpaired) electrons. The second kappa shape index (κ2) is 4.98. The Bertz CT molecular complexity index is 410. The number of hydrogen-bond donors (Lipinski definition) is 2. The van der Waals surface area contributed by atoms with Gasteiger partial charge in [-0.2, -0.15) is 0 Å². The molecule has 2 rings (SSSR count). The summed E-state index contributed by atoms with van der Waals surface area (Å²) in [6.07, 6.45) is 0. The topological polar surface area (TPSA) is 41.1 Å². The van der Waals surface area contributed by atoms with Crippen LogP contribution in [0.4, 0.5) is 16.2 Å². The fourth-order valence-corrected chi connectivity index (χ4v) is 1.22. The number of urea groups is 1. The zero-order valence-electron chi connectivity index (χ0n) is 8.53. The lowest BCUT2D eigenvalue weighted by molar-refractivity contribution is 0.262. The highest BCUT2D eigenvalue weighted by Gasteiger charge is 2.01. The minimum atomic E-state index is -0.301. The lowest BCUT2D eigenvalue weighted by Crippen LogP contribution is -2.19. The van der Waals surface area contributed by atoms with Gasteiger partial charge in [0.2, 0.25) is 0 Å². The quantitative estimate of drug-likeness (QED) is 0.786. The van der Waals surface area contributed by atoms with Crippen molar-refractivity contribution in [3.05, 3.63) is 60.7 Å². The molecule has 0 heterocycles. The van der Waals surface area contributed by atoms with Crippen LogP contribution < -0.4 is 10.6 Å². The number of nitrogens with one attached hydrogen (secondary N) is 2. The Morgan fingerprint density at radius 1 is 0.875 bits per heavy atom. The molecule has 0 unspecified atom stereocenters. The van der Waals surface area contributed by atoms with Crippen molar-refractivity contribution in [2.45, 2.75) is 0 Å². The second-order valence-corrected chi connectivity index (χ2v) is 3.13. The lowest BCUT2D eigenvalue weighted by atomic mass is 10.3. The van der Waals surface area contributed by atoms with Crippen LogP contribution in [-0.4, -0.2) is 6.03 Å². The van der Waals surface area contributed by atoms with Gasteiger partial charge in [-0.3, -0.25) is 0 Å². The molecule has 0 aliphatic carbocycles. The van der Waals surface area contributed by atoms with E-state index in [1.54, 1.807) is 24.3 Å². The van der Waals surface area contributed by atoms with E-state index in [0.29, 0.717) is 11.4 Å². The standard InChI is InChI=1S/C13H10N2O/c16-13(14-11-7-3-1-4-8-11)15-12-9-5-2-6-10-12/h1-7,9H,(H2,14,15,16). The first-order chi connectivity index (χ1) is 7.84. The SMILES string of the molecule is O=C(Nc1[c]cccc1)Nc1[c]cccc1. The van der Waals surface area contributed by atoms with Crippen molar-refractivity contribution < 1.29 is 4.79 Å². The Labute approximate surface area is 94.1 Å². The molecular weight excluding hydrogens is 200 g/mol. The molecule has 0 saturated carbocycles. The van der Waals surface area contributed by atoms with Crippen molar-refractivity contribution >= 4 is 17.4 Å². The zero-order valence-corrected chi connectivity index (χ0v) is 8.53. The minimum Gasteiger partial charge on any atom is -0.307 e. The third-order valence-electron chi connectivity index (χ3n) is 1.91. The number of benzene rings is 2. The van der Waals surface area contributed by atoms with Crippen molar-refractivity contribution in [3.8, 4) is 0 Å². The van der Waals surface area contributed by atoms with E-state index in [1.807, 2.05) is 24.3 Å². The van der Waals surface area contributed by atoms with Gasteiger partial charge in [0, 0.05) is 12.1 Å². The summed E-state index contributed by atoms with van der Waals surface area (Å²) in [6, 6.07) is 19.9. The first kappa shape index (κ1) is 10.2. The first-order valence-electron chi connectivity index (χ1n) is 4.86. The highest BCUT2D eigenvalue weighted by Crippen LogP contribution is 2.07. The van der Waals surface area contributed by atoms with Crippen LogP contribution in [0.15, 0.2) is 48.5 Å². The third-order valence-corrected chi connectivity index (χ3v) is 1.91. The van der Waals surface area contributed by atoms with Crippen LogP contribution in [0.1, 0.15) is 0 Å². The second-order valence-electron chi connectivity index (χ2n) is 3.13. The highest BCUT2D eigenvalue weighted by molar-refractivity contribution is 5.99. The Morgan fingerprint density at radius 3 is 1.75 bits per heavy atom. The fraction of sp³-hybridized carbons (Fsp3) is 0. The summed E-state index contributed by atoms with van der Waals surface area (Å²) in [4.78, 5) is 11.5. The largest absolute Gasteiger partial charge is 0.323 e. The van der Waals surface area contributed by atoms with Crippen LogP contribution >= 0.6 is 0 Å². The first-order valence-corrected chi connectivity index (χ1v) is 4.86. The summed E-state index contributed by atoms with van der Waals surface area (Å²) in [7, 11) is 0. The van der Waals surface area contributed by atoms with Crippen LogP contribution in [0.2, 0.25) is 0 Å². The molecule has 78 valence electrons. The number of carbonyl (C=O) groups is 1. The molecule has 0 aromatic heterocycles. The van der Waals surface area contributed by atoms with E-state index in [2.05, 4.69) is 22.8 Å². The van der Waals surface area contributed by atoms with Gasteiger partial charge in [0.15, 0.2) is 0 Å². The molecule has 0 atom stereocenters. The van der Waals surface area contributed by atoms with Gasteiger partial charge in [-0.1, -0.05) is 36.4 Å². The highest BCUT2D eigenvalue weighted by atomic mass is 16.2. The summed E-state index contributed by atoms with van der Waals surface area (Å²) in [6.45, 7) is 0. The number of carbonyl (C=O) groups excluding carboxylic acids is 1. The summed E-state index contributed by atoms with van der Waals surface area (Å²) in [5.74, 6) is 0. The van der Waals surface area contributed by atoms with Crippen molar-refractivity contribution in [1.29, 1.82) is 0 Å². The predicted octanol–water partition coefficient (Wildman–Crippen LogP) is 2.93. The molecule has 2 N–H and O–H groups in total. The van der Waals surface area contributed by atoms with Gasteiger partial charge in [-0.15, -0.1) is 0 Å². The average Bonchev–Trinajstić information content (AvgIpc) is 2.31. The molecule has 0 saturated heterocycles. The number of rotatable bonds is 2. The maximum atomic E-state index is 11.5. The van der Waals surface area contributed by atoms with E-state index < -0.39 is 0 Å². The molecule has 0 spiro atoms. The normalized spacial score (nSPS) is 9.50. The Hall–Kier alpha value is -2.29. The van der Waals surface area contributed by atoms with Crippen molar-refractivity contribution in [3.63, 3.8) is 0 Å². The van der Waals surface area contributed by atoms with E-state index in [9.17, 15) is 4.79 Å². The van der Waals surface area contributed by atoms with Gasteiger partial charge in [-0.05, 0) is 12.1 Å². The molecule has 3 heteroatoms. The fourth-order valence-electron chi connectivity index (χ4n) is 1.22. The molecular formula is C13H10N2O. The van der Waals surface area contributed by atoms with Gasteiger partial charge in [-0.25, -0.2) is 4.79 Å². The van der Waals surface area contributed by atoms with E-state index >= 15 is 0 Å². The zero-order chi connectivity index (χ0) is 11.2. The van der Waals surface area contributed by atoms with E-state index in [4.69, 9.17) is 0 Å². The molecule has 0 bridgehead atoms. The molecule has 16 heavy (non-hydrogen) atoms. The molecule has 0 aliphatic heterocycles. The van der Waals surface area contributed by atoms with Gasteiger partial charge >= 0.3 is 6.03 Å². The maximum absolute atomic E-state index is 11.5. The molecule has 3 nitrogen and oxygen atoms in total.